The third kappa shape index (κ3) is 1.49. The number of nitrogens with one attached hydrogen (secondary N) is 1. The maximum atomic E-state index is 9.09. The van der Waals surface area contributed by atoms with Crippen molar-refractivity contribution in [1.82, 2.24) is 14.8 Å². The lowest BCUT2D eigenvalue weighted by Crippen LogP contribution is -2.19. The fraction of sp³-hybridized carbons (Fsp3) is 0.750. The summed E-state index contributed by atoms with van der Waals surface area (Å²) < 4.78 is 7.86. The molecule has 0 bridgehead atoms. The Morgan fingerprint density at radius 2 is 2.57 bits per heavy atom. The number of H-pyrrole nitrogens is 1. The number of aromatic amines is 1. The lowest BCUT2D eigenvalue weighted by molar-refractivity contribution is 0.105. The number of nitrogens with zero attached hydrogens (tertiary/aromatic N) is 2. The van der Waals surface area contributed by atoms with Crippen LogP contribution in [0.3, 0.4) is 0 Å². The molecule has 2 rings (SSSR count). The van der Waals surface area contributed by atoms with Gasteiger partial charge in [-0.1, -0.05) is 0 Å². The van der Waals surface area contributed by atoms with Crippen molar-refractivity contribution in [3.05, 3.63) is 10.6 Å². The van der Waals surface area contributed by atoms with Crippen molar-refractivity contribution in [1.29, 1.82) is 0 Å². The third-order valence-electron chi connectivity index (χ3n) is 2.59. The Kier molecular flexibility index (Phi) is 2.66. The topological polar surface area (TPSA) is 63.1 Å². The zero-order chi connectivity index (χ0) is 10.1. The number of rotatable bonds is 2. The summed E-state index contributed by atoms with van der Waals surface area (Å²) in [6.07, 6.45) is 1.05. The molecule has 2 unspecified atom stereocenters. The summed E-state index contributed by atoms with van der Waals surface area (Å²) in [5, 5.41) is 15.7. The number of hydrogen-bond acceptors (Lipinski definition) is 4. The van der Waals surface area contributed by atoms with E-state index in [0.29, 0.717) is 10.6 Å². The molecule has 1 aliphatic rings. The molecule has 5 nitrogen and oxygen atoms in total. The second-order valence-corrected chi connectivity index (χ2v) is 3.79. The van der Waals surface area contributed by atoms with Crippen molar-refractivity contribution >= 4 is 12.2 Å². The number of hydrogen-bond donors (Lipinski definition) is 2. The lowest BCUT2D eigenvalue weighted by Gasteiger charge is -2.16. The molecule has 2 N–H and O–H groups in total. The van der Waals surface area contributed by atoms with Crippen molar-refractivity contribution < 1.29 is 9.84 Å². The van der Waals surface area contributed by atoms with E-state index in [1.165, 1.54) is 0 Å². The second-order valence-electron chi connectivity index (χ2n) is 3.41. The molecule has 0 spiro atoms. The minimum absolute atomic E-state index is 0.101. The Morgan fingerprint density at radius 1 is 1.79 bits per heavy atom. The van der Waals surface area contributed by atoms with Crippen LogP contribution in [-0.2, 0) is 11.3 Å². The first-order valence-electron chi connectivity index (χ1n) is 4.62. The van der Waals surface area contributed by atoms with Gasteiger partial charge in [-0.2, -0.15) is 5.10 Å². The highest BCUT2D eigenvalue weighted by atomic mass is 32.1. The summed E-state index contributed by atoms with van der Waals surface area (Å²) >= 11 is 5.11. The van der Waals surface area contributed by atoms with Gasteiger partial charge in [-0.3, -0.25) is 9.67 Å². The Morgan fingerprint density at radius 3 is 3.14 bits per heavy atom. The quantitative estimate of drug-likeness (QED) is 0.716. The number of aliphatic hydroxyl groups is 1. The van der Waals surface area contributed by atoms with Crippen molar-refractivity contribution in [2.45, 2.75) is 32.1 Å². The van der Waals surface area contributed by atoms with E-state index in [2.05, 4.69) is 10.2 Å². The molecule has 14 heavy (non-hydrogen) atoms. The fourth-order valence-corrected chi connectivity index (χ4v) is 2.14. The molecule has 2 atom stereocenters. The Hall–Kier alpha value is -0.720. The van der Waals surface area contributed by atoms with Gasteiger partial charge < -0.3 is 9.84 Å². The molecule has 1 aromatic heterocycles. The first-order valence-corrected chi connectivity index (χ1v) is 5.03. The highest BCUT2D eigenvalue weighted by Gasteiger charge is 2.28. The van der Waals surface area contributed by atoms with Gasteiger partial charge in [-0.15, -0.1) is 0 Å². The molecule has 1 fully saturated rings. The van der Waals surface area contributed by atoms with E-state index in [-0.39, 0.29) is 18.8 Å². The van der Waals surface area contributed by atoms with Crippen molar-refractivity contribution in [3.8, 4) is 0 Å². The molecule has 78 valence electrons. The van der Waals surface area contributed by atoms with E-state index < -0.39 is 0 Å². The minimum atomic E-state index is -0.101. The van der Waals surface area contributed by atoms with Crippen molar-refractivity contribution in [2.75, 3.05) is 6.61 Å². The summed E-state index contributed by atoms with van der Waals surface area (Å²) in [6.45, 7) is 2.65. The number of aromatic nitrogens is 3. The average molecular weight is 215 g/mol. The highest BCUT2D eigenvalue weighted by molar-refractivity contribution is 7.71. The molecule has 1 saturated heterocycles. The van der Waals surface area contributed by atoms with Gasteiger partial charge in [0.25, 0.3) is 0 Å². The molecule has 0 aliphatic carbocycles. The zero-order valence-electron chi connectivity index (χ0n) is 7.93. The van der Waals surface area contributed by atoms with Crippen molar-refractivity contribution in [3.63, 3.8) is 0 Å². The van der Waals surface area contributed by atoms with E-state index >= 15 is 0 Å². The van der Waals surface area contributed by atoms with Crippen LogP contribution in [0.4, 0.5) is 0 Å². The normalized spacial score (nSPS) is 27.0. The van der Waals surface area contributed by atoms with E-state index in [4.69, 9.17) is 22.1 Å². The molecule has 0 amide bonds. The summed E-state index contributed by atoms with van der Waals surface area (Å²) in [6, 6.07) is 0.198. The molecule has 6 heteroatoms. The first-order chi connectivity index (χ1) is 6.74. The highest BCUT2D eigenvalue weighted by Crippen LogP contribution is 2.26. The van der Waals surface area contributed by atoms with Gasteiger partial charge >= 0.3 is 0 Å². The van der Waals surface area contributed by atoms with Crippen LogP contribution in [0.5, 0.6) is 0 Å². The predicted molar refractivity (Wildman–Crippen MR) is 52.4 cm³/mol. The number of ether oxygens (including phenoxy) is 1. The lowest BCUT2D eigenvalue weighted by atomic mass is 10.1. The van der Waals surface area contributed by atoms with E-state index in [1.807, 2.05) is 11.5 Å². The Labute approximate surface area is 86.7 Å². The fourth-order valence-electron chi connectivity index (χ4n) is 1.85. The van der Waals surface area contributed by atoms with Gasteiger partial charge in [0.2, 0.25) is 0 Å². The smallest absolute Gasteiger partial charge is 0.195 e. The number of aliphatic hydroxyl groups excluding tert-OH is 1. The van der Waals surface area contributed by atoms with E-state index in [0.717, 1.165) is 13.0 Å². The van der Waals surface area contributed by atoms with Crippen LogP contribution in [0.25, 0.3) is 0 Å². The van der Waals surface area contributed by atoms with Crippen molar-refractivity contribution in [2.24, 2.45) is 0 Å². The molecule has 0 radical (unpaired) electrons. The molecule has 2 heterocycles. The third-order valence-corrected chi connectivity index (χ3v) is 2.87. The van der Waals surface area contributed by atoms with Crippen LogP contribution in [-0.4, -0.2) is 32.6 Å². The van der Waals surface area contributed by atoms with Gasteiger partial charge in [0.15, 0.2) is 10.6 Å². The summed E-state index contributed by atoms with van der Waals surface area (Å²) in [5.74, 6) is 0.581. The van der Waals surface area contributed by atoms with Crippen LogP contribution in [0.2, 0.25) is 0 Å². The second kappa shape index (κ2) is 3.80. The Balaban J connectivity index is 2.38. The van der Waals surface area contributed by atoms with Gasteiger partial charge in [-0.25, -0.2) is 0 Å². The van der Waals surface area contributed by atoms with E-state index in [1.54, 1.807) is 0 Å². The maximum absolute atomic E-state index is 9.09. The summed E-state index contributed by atoms with van der Waals surface area (Å²) in [5.41, 5.74) is 0. The predicted octanol–water partition coefficient (Wildman–Crippen LogP) is 0.783. The molecular weight excluding hydrogens is 202 g/mol. The van der Waals surface area contributed by atoms with Crippen LogP contribution in [0.15, 0.2) is 0 Å². The minimum Gasteiger partial charge on any atom is -0.388 e. The summed E-state index contributed by atoms with van der Waals surface area (Å²) in [7, 11) is 0. The monoisotopic (exact) mass is 215 g/mol. The zero-order valence-corrected chi connectivity index (χ0v) is 8.75. The average Bonchev–Trinajstić information content (AvgIpc) is 2.72. The summed E-state index contributed by atoms with van der Waals surface area (Å²) in [4.78, 5) is 0. The van der Waals surface area contributed by atoms with Gasteiger partial charge in [0.05, 0.1) is 12.1 Å². The van der Waals surface area contributed by atoms with Gasteiger partial charge in [-0.05, 0) is 25.6 Å². The Bertz CT molecular complexity index is 373. The first kappa shape index (κ1) is 9.82. The van der Waals surface area contributed by atoms with Crippen LogP contribution < -0.4 is 0 Å². The van der Waals surface area contributed by atoms with Crippen LogP contribution in [0.1, 0.15) is 25.2 Å². The maximum Gasteiger partial charge on any atom is 0.195 e. The molecule has 0 aromatic carbocycles. The molecule has 1 aromatic rings. The molecule has 1 aliphatic heterocycles. The van der Waals surface area contributed by atoms with Gasteiger partial charge in [0.1, 0.15) is 6.61 Å². The molecular formula is C8H13N3O2S. The molecule has 0 saturated carbocycles. The standard InChI is InChI=1S/C8H13N3O2S/c1-5-6(2-3-13-5)11-7(4-12)9-10-8(11)14/h5-6,12H,2-4H2,1H3,(H,10,14). The van der Waals surface area contributed by atoms with E-state index in [9.17, 15) is 0 Å². The van der Waals surface area contributed by atoms with Crippen LogP contribution in [0, 0.1) is 4.77 Å². The van der Waals surface area contributed by atoms with Crippen LogP contribution >= 0.6 is 12.2 Å². The van der Waals surface area contributed by atoms with Gasteiger partial charge in [0, 0.05) is 6.61 Å². The largest absolute Gasteiger partial charge is 0.388 e. The SMILES string of the molecule is CC1OCCC1n1c(CO)n[nH]c1=S.